The van der Waals surface area contributed by atoms with Crippen LogP contribution in [0.5, 0.6) is 0 Å². The summed E-state index contributed by atoms with van der Waals surface area (Å²) >= 11 is 0. The first-order valence-electron chi connectivity index (χ1n) is 14.3. The lowest BCUT2D eigenvalue weighted by atomic mass is 9.95. The molecular formula is C29H37F2N5O2. The average molecular weight is 526 g/mol. The van der Waals surface area contributed by atoms with E-state index in [2.05, 4.69) is 21.4 Å². The van der Waals surface area contributed by atoms with Crippen molar-refractivity contribution >= 4 is 11.8 Å². The third kappa shape index (κ3) is 5.53. The second-order valence-electron chi connectivity index (χ2n) is 11.6. The van der Waals surface area contributed by atoms with E-state index in [1.165, 1.54) is 5.56 Å². The second kappa shape index (κ2) is 10.5. The van der Waals surface area contributed by atoms with Crippen molar-refractivity contribution in [1.29, 1.82) is 0 Å². The summed E-state index contributed by atoms with van der Waals surface area (Å²) in [5.41, 5.74) is 3.60. The van der Waals surface area contributed by atoms with Gasteiger partial charge in [0.05, 0.1) is 5.69 Å². The Hall–Kier alpha value is -2.68. The van der Waals surface area contributed by atoms with Gasteiger partial charge in [-0.05, 0) is 82.4 Å². The summed E-state index contributed by atoms with van der Waals surface area (Å²) in [5, 5.41) is 13.5. The number of carbonyl (C=O) groups is 1. The molecule has 2 N–H and O–H groups in total. The Morgan fingerprint density at radius 3 is 2.71 bits per heavy atom. The van der Waals surface area contributed by atoms with E-state index >= 15 is 8.78 Å². The van der Waals surface area contributed by atoms with Gasteiger partial charge in [0.1, 0.15) is 17.7 Å². The van der Waals surface area contributed by atoms with Crippen LogP contribution in [0, 0.1) is 5.92 Å². The van der Waals surface area contributed by atoms with E-state index in [-0.39, 0.29) is 18.9 Å². The van der Waals surface area contributed by atoms with E-state index in [4.69, 9.17) is 4.98 Å². The first-order valence-corrected chi connectivity index (χ1v) is 14.3. The molecular weight excluding hydrogens is 488 g/mol. The van der Waals surface area contributed by atoms with Gasteiger partial charge in [0.15, 0.2) is 0 Å². The minimum atomic E-state index is -2.83. The maximum Gasteiger partial charge on any atom is 0.325 e. The number of anilines is 1. The summed E-state index contributed by atoms with van der Waals surface area (Å²) in [4.78, 5) is 28.1. The molecule has 3 fully saturated rings. The number of rotatable bonds is 11. The molecule has 9 heteroatoms. The molecule has 2 atom stereocenters. The van der Waals surface area contributed by atoms with E-state index in [0.717, 1.165) is 68.1 Å². The molecule has 4 aliphatic rings. The monoisotopic (exact) mass is 525 g/mol. The molecule has 0 amide bonds. The van der Waals surface area contributed by atoms with Crippen LogP contribution in [0.25, 0.3) is 0 Å². The lowest BCUT2D eigenvalue weighted by Crippen LogP contribution is -2.36. The molecule has 0 aromatic carbocycles. The van der Waals surface area contributed by atoms with Crippen LogP contribution in [0.1, 0.15) is 104 Å². The van der Waals surface area contributed by atoms with Gasteiger partial charge < -0.3 is 10.4 Å². The highest BCUT2D eigenvalue weighted by atomic mass is 19.3. The minimum absolute atomic E-state index is 0.0799. The normalized spacial score (nSPS) is 22.6. The molecule has 7 nitrogen and oxygen atoms in total. The molecule has 2 saturated carbocycles. The summed E-state index contributed by atoms with van der Waals surface area (Å²) in [6.07, 6.45) is 9.84. The van der Waals surface area contributed by atoms with E-state index < -0.39 is 23.9 Å². The second-order valence-corrected chi connectivity index (χ2v) is 11.6. The van der Waals surface area contributed by atoms with Crippen molar-refractivity contribution in [2.24, 2.45) is 5.92 Å². The lowest BCUT2D eigenvalue weighted by Gasteiger charge is -2.28. The van der Waals surface area contributed by atoms with Crippen LogP contribution < -0.4 is 5.32 Å². The lowest BCUT2D eigenvalue weighted by molar-refractivity contribution is -0.143. The maximum atomic E-state index is 15.3. The van der Waals surface area contributed by atoms with Crippen molar-refractivity contribution in [1.82, 2.24) is 19.9 Å². The largest absolute Gasteiger partial charge is 0.480 e. The van der Waals surface area contributed by atoms with Gasteiger partial charge in [-0.15, -0.1) is 0 Å². The van der Waals surface area contributed by atoms with Gasteiger partial charge in [-0.3, -0.25) is 9.69 Å². The third-order valence-electron chi connectivity index (χ3n) is 8.63. The van der Waals surface area contributed by atoms with Crippen LogP contribution in [0.4, 0.5) is 14.6 Å². The summed E-state index contributed by atoms with van der Waals surface area (Å²) in [6.45, 7) is 1.35. The summed E-state index contributed by atoms with van der Waals surface area (Å²) < 4.78 is 30.5. The number of hydrogen-bond acceptors (Lipinski definition) is 6. The zero-order chi connectivity index (χ0) is 26.3. The maximum absolute atomic E-state index is 15.3. The number of aryl methyl sites for hydroxylation is 2. The van der Waals surface area contributed by atoms with E-state index in [9.17, 15) is 9.90 Å². The molecule has 0 bridgehead atoms. The van der Waals surface area contributed by atoms with E-state index in [1.807, 2.05) is 6.07 Å². The summed E-state index contributed by atoms with van der Waals surface area (Å²) in [6, 6.07) is 3.15. The van der Waals surface area contributed by atoms with Crippen molar-refractivity contribution in [2.45, 2.75) is 94.4 Å². The summed E-state index contributed by atoms with van der Waals surface area (Å²) in [5.74, 6) is -2.26. The number of alkyl halides is 2. The van der Waals surface area contributed by atoms with Gasteiger partial charge >= 0.3 is 5.97 Å². The fourth-order valence-electron chi connectivity index (χ4n) is 6.08. The smallest absolute Gasteiger partial charge is 0.325 e. The van der Waals surface area contributed by atoms with Gasteiger partial charge in [-0.2, -0.15) is 0 Å². The standard InChI is InChI=1S/C29H37F2N5O2/c30-29(31,13-2-1-5-22-11-10-19-4-3-14-32-26(19)34-22)21-12-15-36(17-21)25(28(37)38)23-16-33-27(20-8-9-20)35-24(23)18-6-7-18/h10-11,16,18,20-21,25H,1-9,12-15,17H2,(H,32,34)(H,37,38). The molecule has 0 radical (unpaired) electrons. The van der Waals surface area contributed by atoms with Gasteiger partial charge in [0.2, 0.25) is 0 Å². The Labute approximate surface area is 222 Å². The van der Waals surface area contributed by atoms with Gasteiger partial charge in [0.25, 0.3) is 5.92 Å². The highest BCUT2D eigenvalue weighted by Crippen LogP contribution is 2.46. The fourth-order valence-corrected chi connectivity index (χ4v) is 6.08. The Bertz CT molecular complexity index is 1180. The van der Waals surface area contributed by atoms with Crippen LogP contribution in [0.3, 0.4) is 0 Å². The number of pyridine rings is 1. The topological polar surface area (TPSA) is 91.2 Å². The van der Waals surface area contributed by atoms with Crippen LogP contribution in [0.2, 0.25) is 0 Å². The van der Waals surface area contributed by atoms with Crippen LogP contribution in [-0.4, -0.2) is 56.5 Å². The van der Waals surface area contributed by atoms with Crippen molar-refractivity contribution in [2.75, 3.05) is 25.0 Å². The molecule has 1 saturated heterocycles. The molecule has 2 aliphatic heterocycles. The van der Waals surface area contributed by atoms with Gasteiger partial charge in [-0.1, -0.05) is 6.07 Å². The quantitative estimate of drug-likeness (QED) is 0.376. The number of hydrogen-bond donors (Lipinski definition) is 2. The summed E-state index contributed by atoms with van der Waals surface area (Å²) in [7, 11) is 0. The number of carboxylic acids is 1. The molecule has 2 aromatic heterocycles. The predicted molar refractivity (Wildman–Crippen MR) is 140 cm³/mol. The molecule has 4 heterocycles. The highest BCUT2D eigenvalue weighted by Gasteiger charge is 2.46. The molecule has 0 spiro atoms. The van der Waals surface area contributed by atoms with Crippen molar-refractivity contribution in [3.63, 3.8) is 0 Å². The van der Waals surface area contributed by atoms with Crippen LogP contribution in [-0.2, 0) is 17.6 Å². The zero-order valence-electron chi connectivity index (χ0n) is 21.8. The number of nitrogens with one attached hydrogen (secondary N) is 1. The number of fused-ring (bicyclic) bond motifs is 1. The molecule has 38 heavy (non-hydrogen) atoms. The first kappa shape index (κ1) is 25.6. The molecule has 2 aromatic rings. The molecule has 204 valence electrons. The molecule has 2 unspecified atom stereocenters. The number of aromatic nitrogens is 3. The zero-order valence-corrected chi connectivity index (χ0v) is 21.8. The van der Waals surface area contributed by atoms with Crippen molar-refractivity contribution < 1.29 is 18.7 Å². The Balaban J connectivity index is 1.06. The molecule has 2 aliphatic carbocycles. The van der Waals surface area contributed by atoms with E-state index in [0.29, 0.717) is 43.7 Å². The Morgan fingerprint density at radius 2 is 1.95 bits per heavy atom. The van der Waals surface area contributed by atoms with Crippen LogP contribution in [0.15, 0.2) is 18.3 Å². The predicted octanol–water partition coefficient (Wildman–Crippen LogP) is 5.48. The minimum Gasteiger partial charge on any atom is -0.480 e. The molecule has 6 rings (SSSR count). The Morgan fingerprint density at radius 1 is 1.13 bits per heavy atom. The number of halogens is 2. The van der Waals surface area contributed by atoms with Crippen LogP contribution >= 0.6 is 0 Å². The SMILES string of the molecule is O=C(O)C(c1cnc(C2CC2)nc1C1CC1)N1CCC(C(F)(F)CCCCc2ccc3c(n2)NCCC3)C1. The van der Waals surface area contributed by atoms with E-state index in [1.54, 1.807) is 11.1 Å². The fraction of sp³-hybridized carbons (Fsp3) is 0.655. The first-order chi connectivity index (χ1) is 18.4. The highest BCUT2D eigenvalue weighted by molar-refractivity contribution is 5.76. The van der Waals surface area contributed by atoms with Gasteiger partial charge in [-0.25, -0.2) is 23.7 Å². The van der Waals surface area contributed by atoms with Crippen molar-refractivity contribution in [3.8, 4) is 0 Å². The Kier molecular flexibility index (Phi) is 7.05. The van der Waals surface area contributed by atoms with Crippen molar-refractivity contribution in [3.05, 3.63) is 46.7 Å². The number of likely N-dealkylation sites (tertiary alicyclic amines) is 1. The number of aliphatic carboxylic acids is 1. The third-order valence-corrected chi connectivity index (χ3v) is 8.63. The number of carboxylic acid groups (broad SMARTS) is 1. The van der Waals surface area contributed by atoms with Gasteiger partial charge in [0, 0.05) is 54.7 Å². The number of nitrogens with zero attached hydrogens (tertiary/aromatic N) is 4. The number of unbranched alkanes of at least 4 members (excludes halogenated alkanes) is 1. The average Bonchev–Trinajstić information content (AvgIpc) is 3.85.